The molecule has 1 aliphatic rings. The molecule has 1 aliphatic heterocycles. The summed E-state index contributed by atoms with van der Waals surface area (Å²) in [6.07, 6.45) is 2.37. The van der Waals surface area contributed by atoms with Crippen LogP contribution in [0.5, 0.6) is 5.75 Å². The Balaban J connectivity index is 1.69. The molecule has 1 saturated heterocycles. The lowest BCUT2D eigenvalue weighted by atomic mass is 10.2. The molecule has 8 nitrogen and oxygen atoms in total. The average Bonchev–Trinajstić information content (AvgIpc) is 3.59. The lowest BCUT2D eigenvalue weighted by Crippen LogP contribution is -2.33. The van der Waals surface area contributed by atoms with Crippen LogP contribution in [0.1, 0.15) is 24.2 Å². The highest BCUT2D eigenvalue weighted by Crippen LogP contribution is 2.35. The van der Waals surface area contributed by atoms with Gasteiger partial charge in [0.15, 0.2) is 0 Å². The van der Waals surface area contributed by atoms with Crippen LogP contribution < -0.4 is 14.2 Å². The minimum absolute atomic E-state index is 0.179. The van der Waals surface area contributed by atoms with E-state index < -0.39 is 0 Å². The largest absolute Gasteiger partial charge is 0.494 e. The Morgan fingerprint density at radius 1 is 0.833 bits per heavy atom. The van der Waals surface area contributed by atoms with Crippen molar-refractivity contribution in [2.45, 2.75) is 12.8 Å². The lowest BCUT2D eigenvalue weighted by molar-refractivity contribution is -0.583. The van der Waals surface area contributed by atoms with Gasteiger partial charge in [0.1, 0.15) is 35.0 Å². The van der Waals surface area contributed by atoms with Crippen molar-refractivity contribution in [3.05, 3.63) is 90.3 Å². The predicted molar refractivity (Wildman–Crippen MR) is 135 cm³/mol. The SMILES string of the molecule is COc1cc(N2CCCC2)ccc1N=Nc1n(-c2ccccc2)c(C#N)c(C#N)[n+]1-c1ccccc1. The van der Waals surface area contributed by atoms with Crippen LogP contribution in [-0.4, -0.2) is 24.8 Å². The molecule has 0 aliphatic carbocycles. The highest BCUT2D eigenvalue weighted by Gasteiger charge is 2.33. The molecule has 0 amide bonds. The maximum atomic E-state index is 10.0. The molecule has 1 fully saturated rings. The maximum Gasteiger partial charge on any atom is 0.433 e. The number of azo groups is 1. The van der Waals surface area contributed by atoms with Crippen molar-refractivity contribution >= 4 is 17.3 Å². The normalized spacial score (nSPS) is 13.0. The maximum absolute atomic E-state index is 10.0. The minimum atomic E-state index is 0.179. The van der Waals surface area contributed by atoms with E-state index in [-0.39, 0.29) is 11.4 Å². The molecular formula is C28H24N7O+. The number of nitrogens with zero attached hydrogens (tertiary/aromatic N) is 7. The molecule has 8 heteroatoms. The molecule has 36 heavy (non-hydrogen) atoms. The number of nitriles is 2. The lowest BCUT2D eigenvalue weighted by Gasteiger charge is -2.18. The van der Waals surface area contributed by atoms with Crippen LogP contribution in [0.2, 0.25) is 0 Å². The summed E-state index contributed by atoms with van der Waals surface area (Å²) in [4.78, 5) is 2.33. The van der Waals surface area contributed by atoms with E-state index in [0.29, 0.717) is 28.8 Å². The topological polar surface area (TPSA) is 93.6 Å². The fraction of sp³-hybridized carbons (Fsp3) is 0.179. The molecule has 1 aromatic heterocycles. The number of benzene rings is 3. The van der Waals surface area contributed by atoms with E-state index in [1.54, 1.807) is 16.2 Å². The minimum Gasteiger partial charge on any atom is -0.494 e. The molecule has 0 atom stereocenters. The second kappa shape index (κ2) is 10.1. The van der Waals surface area contributed by atoms with Crippen molar-refractivity contribution in [3.8, 4) is 29.3 Å². The van der Waals surface area contributed by atoms with Gasteiger partial charge in [0, 0.05) is 30.0 Å². The number of methoxy groups -OCH3 is 1. The Bertz CT molecular complexity index is 1410. The van der Waals surface area contributed by atoms with Crippen LogP contribution in [0.3, 0.4) is 0 Å². The van der Waals surface area contributed by atoms with Crippen LogP contribution in [0, 0.1) is 22.7 Å². The second-order valence-electron chi connectivity index (χ2n) is 8.31. The van der Waals surface area contributed by atoms with Gasteiger partial charge in [0.05, 0.1) is 7.11 Å². The molecule has 0 saturated carbocycles. The average molecular weight is 475 g/mol. The summed E-state index contributed by atoms with van der Waals surface area (Å²) in [5, 5.41) is 29.2. The number of hydrogen-bond acceptors (Lipinski definition) is 6. The predicted octanol–water partition coefficient (Wildman–Crippen LogP) is 5.52. The van der Waals surface area contributed by atoms with Crippen LogP contribution in [0.25, 0.3) is 11.4 Å². The third kappa shape index (κ3) is 4.17. The zero-order valence-corrected chi connectivity index (χ0v) is 19.9. The monoisotopic (exact) mass is 474 g/mol. The third-order valence-electron chi connectivity index (χ3n) is 6.19. The van der Waals surface area contributed by atoms with Gasteiger partial charge in [-0.2, -0.15) is 19.7 Å². The molecule has 5 rings (SSSR count). The van der Waals surface area contributed by atoms with E-state index in [1.165, 1.54) is 12.8 Å². The highest BCUT2D eigenvalue weighted by molar-refractivity contribution is 5.62. The van der Waals surface area contributed by atoms with Crippen LogP contribution in [-0.2, 0) is 0 Å². The van der Waals surface area contributed by atoms with E-state index in [9.17, 15) is 10.5 Å². The van der Waals surface area contributed by atoms with Crippen molar-refractivity contribution in [3.63, 3.8) is 0 Å². The van der Waals surface area contributed by atoms with Gasteiger partial charge in [-0.05, 0) is 49.2 Å². The Morgan fingerprint density at radius 3 is 2.17 bits per heavy atom. The molecule has 0 N–H and O–H groups in total. The number of anilines is 1. The third-order valence-corrected chi connectivity index (χ3v) is 6.19. The second-order valence-corrected chi connectivity index (χ2v) is 8.31. The van der Waals surface area contributed by atoms with Gasteiger partial charge in [0.2, 0.25) is 11.4 Å². The van der Waals surface area contributed by atoms with Crippen molar-refractivity contribution < 1.29 is 9.30 Å². The van der Waals surface area contributed by atoms with E-state index in [0.717, 1.165) is 18.8 Å². The number of ether oxygens (including phenoxy) is 1. The van der Waals surface area contributed by atoms with Crippen LogP contribution in [0.15, 0.2) is 89.1 Å². The van der Waals surface area contributed by atoms with Crippen molar-refractivity contribution in [2.24, 2.45) is 10.2 Å². The fourth-order valence-electron chi connectivity index (χ4n) is 4.47. The summed E-state index contributed by atoms with van der Waals surface area (Å²) in [6.45, 7) is 2.05. The van der Waals surface area contributed by atoms with E-state index in [4.69, 9.17) is 4.74 Å². The molecule has 0 bridgehead atoms. The molecule has 0 unspecified atom stereocenters. The van der Waals surface area contributed by atoms with Gasteiger partial charge in [-0.3, -0.25) is 0 Å². The summed E-state index contributed by atoms with van der Waals surface area (Å²) in [5.41, 5.74) is 3.40. The number of rotatable bonds is 6. The summed E-state index contributed by atoms with van der Waals surface area (Å²) in [5.74, 6) is 0.930. The zero-order valence-electron chi connectivity index (χ0n) is 19.9. The zero-order chi connectivity index (χ0) is 24.9. The molecular weight excluding hydrogens is 450 g/mol. The van der Waals surface area contributed by atoms with Crippen LogP contribution in [0.4, 0.5) is 17.3 Å². The van der Waals surface area contributed by atoms with Crippen molar-refractivity contribution in [1.82, 2.24) is 4.57 Å². The standard InChI is InChI=1S/C28H24N7O/c1-36-27-18-23(33-16-8-9-17-33)14-15-24(27)31-32-28-34(21-10-4-2-5-11-21)25(19-29)26(20-30)35(28)22-12-6-3-7-13-22/h2-7,10-15,18H,8-9,16-17H2,1H3/q+1. The Morgan fingerprint density at radius 2 is 1.53 bits per heavy atom. The van der Waals surface area contributed by atoms with Gasteiger partial charge < -0.3 is 9.64 Å². The molecule has 2 heterocycles. The molecule has 4 aromatic rings. The Labute approximate surface area is 209 Å². The van der Waals surface area contributed by atoms with E-state index >= 15 is 0 Å². The molecule has 176 valence electrons. The number of imidazole rings is 1. The van der Waals surface area contributed by atoms with Crippen molar-refractivity contribution in [1.29, 1.82) is 10.5 Å². The summed E-state index contributed by atoms with van der Waals surface area (Å²) < 4.78 is 8.94. The van der Waals surface area contributed by atoms with Crippen LogP contribution >= 0.6 is 0 Å². The summed E-state index contributed by atoms with van der Waals surface area (Å²) in [7, 11) is 1.61. The molecule has 3 aromatic carbocycles. The molecule has 0 radical (unpaired) electrons. The van der Waals surface area contributed by atoms with E-state index in [1.807, 2.05) is 78.9 Å². The first kappa shape index (κ1) is 22.8. The number of aromatic nitrogens is 2. The summed E-state index contributed by atoms with van der Waals surface area (Å²) >= 11 is 0. The first-order valence-corrected chi connectivity index (χ1v) is 11.7. The fourth-order valence-corrected chi connectivity index (χ4v) is 4.47. The van der Waals surface area contributed by atoms with Gasteiger partial charge in [-0.25, -0.2) is 0 Å². The van der Waals surface area contributed by atoms with E-state index in [2.05, 4.69) is 27.3 Å². The Kier molecular flexibility index (Phi) is 6.42. The number of para-hydroxylation sites is 2. The smallest absolute Gasteiger partial charge is 0.433 e. The van der Waals surface area contributed by atoms with Crippen molar-refractivity contribution in [2.75, 3.05) is 25.1 Å². The first-order chi connectivity index (χ1) is 17.7. The molecule has 0 spiro atoms. The number of hydrogen-bond donors (Lipinski definition) is 0. The van der Waals surface area contributed by atoms with Gasteiger partial charge in [-0.1, -0.05) is 41.5 Å². The Hall–Kier alpha value is -4.95. The van der Waals surface area contributed by atoms with Gasteiger partial charge in [-0.15, -0.1) is 0 Å². The quantitative estimate of drug-likeness (QED) is 0.272. The van der Waals surface area contributed by atoms with Gasteiger partial charge in [0.25, 0.3) is 0 Å². The highest BCUT2D eigenvalue weighted by atomic mass is 16.5. The van der Waals surface area contributed by atoms with Gasteiger partial charge >= 0.3 is 5.95 Å². The first-order valence-electron chi connectivity index (χ1n) is 11.7. The summed E-state index contributed by atoms with van der Waals surface area (Å²) in [6, 6.07) is 29.0.